The fourth-order valence-electron chi connectivity index (χ4n) is 8.73. The van der Waals surface area contributed by atoms with Gasteiger partial charge in [-0.15, -0.1) is 0 Å². The number of furan rings is 1. The third-order valence-corrected chi connectivity index (χ3v) is 11.4. The number of fused-ring (bicyclic) bond motifs is 9. The van der Waals surface area contributed by atoms with Gasteiger partial charge in [0.25, 0.3) is 0 Å². The van der Waals surface area contributed by atoms with Gasteiger partial charge in [0.05, 0.1) is 11.0 Å². The van der Waals surface area contributed by atoms with Gasteiger partial charge in [-0.05, 0) is 75.8 Å². The third kappa shape index (κ3) is 5.07. The summed E-state index contributed by atoms with van der Waals surface area (Å²) in [7, 11) is 0. The van der Waals surface area contributed by atoms with Gasteiger partial charge in [-0.3, -0.25) is 0 Å². The van der Waals surface area contributed by atoms with E-state index >= 15 is 0 Å². The Morgan fingerprint density at radius 2 is 1.00 bits per heavy atom. The predicted molar refractivity (Wildman–Crippen MR) is 238 cm³/mol. The van der Waals surface area contributed by atoms with Crippen molar-refractivity contribution in [3.63, 3.8) is 0 Å². The van der Waals surface area contributed by atoms with Crippen molar-refractivity contribution < 1.29 is 4.42 Å². The van der Waals surface area contributed by atoms with Crippen LogP contribution in [0, 0.1) is 0 Å². The molecule has 0 aliphatic carbocycles. The summed E-state index contributed by atoms with van der Waals surface area (Å²) >= 11 is 0. The van der Waals surface area contributed by atoms with E-state index in [4.69, 9.17) is 19.4 Å². The number of hydrogen-bond donors (Lipinski definition) is 0. The van der Waals surface area contributed by atoms with E-state index in [9.17, 15) is 0 Å². The first-order valence-corrected chi connectivity index (χ1v) is 19.5. The normalized spacial score (nSPS) is 11.8. The van der Waals surface area contributed by atoms with Crippen LogP contribution in [-0.4, -0.2) is 19.5 Å². The number of aromatic nitrogens is 4. The van der Waals surface area contributed by atoms with Crippen LogP contribution in [0.25, 0.3) is 116 Å². The van der Waals surface area contributed by atoms with E-state index in [-0.39, 0.29) is 0 Å². The molecule has 9 aromatic carbocycles. The number of para-hydroxylation sites is 1. The lowest BCUT2D eigenvalue weighted by Crippen LogP contribution is -2.02. The van der Waals surface area contributed by atoms with E-state index < -0.39 is 0 Å². The molecule has 3 aromatic heterocycles. The predicted octanol–water partition coefficient (Wildman–Crippen LogP) is 13.8. The Morgan fingerprint density at radius 1 is 0.362 bits per heavy atom. The second-order valence-electron chi connectivity index (χ2n) is 14.8. The maximum Gasteiger partial charge on any atom is 0.164 e. The van der Waals surface area contributed by atoms with Crippen LogP contribution >= 0.6 is 0 Å². The molecular weight excluding hydrogens is 709 g/mol. The molecule has 0 fully saturated rings. The minimum atomic E-state index is 0.595. The lowest BCUT2D eigenvalue weighted by molar-refractivity contribution is 0.673. The van der Waals surface area contributed by atoms with Crippen molar-refractivity contribution in [2.45, 2.75) is 0 Å². The molecule has 12 rings (SSSR count). The molecule has 5 heteroatoms. The van der Waals surface area contributed by atoms with Crippen LogP contribution in [0.2, 0.25) is 0 Å². The summed E-state index contributed by atoms with van der Waals surface area (Å²) in [6.07, 6.45) is 0. The van der Waals surface area contributed by atoms with Gasteiger partial charge < -0.3 is 8.98 Å². The smallest absolute Gasteiger partial charge is 0.164 e. The number of hydrogen-bond acceptors (Lipinski definition) is 4. The fourth-order valence-corrected chi connectivity index (χ4v) is 8.73. The van der Waals surface area contributed by atoms with Gasteiger partial charge in [0.1, 0.15) is 11.2 Å². The number of rotatable bonds is 5. The van der Waals surface area contributed by atoms with Crippen molar-refractivity contribution in [1.82, 2.24) is 19.5 Å². The molecule has 0 unspecified atom stereocenters. The molecule has 0 aliphatic rings. The van der Waals surface area contributed by atoms with E-state index in [0.717, 1.165) is 77.2 Å². The minimum absolute atomic E-state index is 0.595. The van der Waals surface area contributed by atoms with Gasteiger partial charge in [0.2, 0.25) is 0 Å². The maximum absolute atomic E-state index is 6.74. The van der Waals surface area contributed by atoms with Crippen LogP contribution in [0.3, 0.4) is 0 Å². The van der Waals surface area contributed by atoms with Gasteiger partial charge in [0, 0.05) is 49.3 Å². The molecule has 0 saturated heterocycles. The van der Waals surface area contributed by atoms with E-state index in [2.05, 4.69) is 138 Å². The van der Waals surface area contributed by atoms with Gasteiger partial charge in [0.15, 0.2) is 17.5 Å². The molecule has 0 amide bonds. The molecule has 0 radical (unpaired) electrons. The first kappa shape index (κ1) is 32.4. The molecular formula is C53H32N4O. The Morgan fingerprint density at radius 3 is 1.76 bits per heavy atom. The van der Waals surface area contributed by atoms with Gasteiger partial charge in [-0.25, -0.2) is 15.0 Å². The average molecular weight is 741 g/mol. The van der Waals surface area contributed by atoms with Crippen LogP contribution in [0.1, 0.15) is 0 Å². The van der Waals surface area contributed by atoms with Crippen molar-refractivity contribution in [3.8, 4) is 51.0 Å². The Hall–Kier alpha value is -7.89. The summed E-state index contributed by atoms with van der Waals surface area (Å²) < 4.78 is 9.13. The van der Waals surface area contributed by atoms with Crippen LogP contribution in [0.4, 0.5) is 0 Å². The molecule has 12 aromatic rings. The van der Waals surface area contributed by atoms with E-state index in [1.807, 2.05) is 60.7 Å². The minimum Gasteiger partial charge on any atom is -0.455 e. The highest BCUT2D eigenvalue weighted by atomic mass is 16.3. The molecule has 270 valence electrons. The zero-order valence-electron chi connectivity index (χ0n) is 31.2. The summed E-state index contributed by atoms with van der Waals surface area (Å²) in [4.78, 5) is 15.5. The van der Waals surface area contributed by atoms with Crippen LogP contribution in [-0.2, 0) is 0 Å². The number of nitrogens with zero attached hydrogens (tertiary/aromatic N) is 4. The highest BCUT2D eigenvalue weighted by Crippen LogP contribution is 2.44. The standard InChI is InChI=1S/C53H32N4O/c1-3-15-34(16-4-1)51-54-52(35-17-5-2-6-18-35)56-53(55-51)42-29-27-38(57-46-24-12-11-22-40(46)45-30-36-19-7-8-20-37(36)31-47(45)57)32-44(42)41-23-13-25-48-49(41)43-28-26-33-14-9-10-21-39(33)50(43)58-48/h1-32H. The summed E-state index contributed by atoms with van der Waals surface area (Å²) in [6, 6.07) is 68.0. The fraction of sp³-hybridized carbons (Fsp3) is 0. The maximum atomic E-state index is 6.74. The first-order valence-electron chi connectivity index (χ1n) is 19.5. The largest absolute Gasteiger partial charge is 0.455 e. The zero-order chi connectivity index (χ0) is 38.2. The lowest BCUT2D eigenvalue weighted by atomic mass is 9.93. The van der Waals surface area contributed by atoms with E-state index in [0.29, 0.717) is 17.5 Å². The summed E-state index contributed by atoms with van der Waals surface area (Å²) in [5.74, 6) is 1.83. The Balaban J connectivity index is 1.18. The van der Waals surface area contributed by atoms with Crippen molar-refractivity contribution in [2.75, 3.05) is 0 Å². The van der Waals surface area contributed by atoms with Gasteiger partial charge in [-0.2, -0.15) is 0 Å². The van der Waals surface area contributed by atoms with E-state index in [1.54, 1.807) is 0 Å². The topological polar surface area (TPSA) is 56.7 Å². The second-order valence-corrected chi connectivity index (χ2v) is 14.8. The van der Waals surface area contributed by atoms with Crippen LogP contribution < -0.4 is 0 Å². The Kier molecular flexibility index (Phi) is 7.16. The lowest BCUT2D eigenvalue weighted by Gasteiger charge is -2.16. The summed E-state index contributed by atoms with van der Waals surface area (Å²) in [6.45, 7) is 0. The molecule has 0 spiro atoms. The zero-order valence-corrected chi connectivity index (χ0v) is 31.2. The SMILES string of the molecule is c1ccc(-c2nc(-c3ccccc3)nc(-c3ccc(-n4c5ccccc5c5cc6ccccc6cc54)cc3-c3cccc4oc5c6ccccc6ccc5c34)n2)cc1. The Labute approximate surface area is 333 Å². The highest BCUT2D eigenvalue weighted by molar-refractivity contribution is 6.20. The molecule has 0 N–H and O–H groups in total. The highest BCUT2D eigenvalue weighted by Gasteiger charge is 2.22. The molecule has 0 atom stereocenters. The first-order chi connectivity index (χ1) is 28.7. The van der Waals surface area contributed by atoms with Crippen LogP contribution in [0.5, 0.6) is 0 Å². The van der Waals surface area contributed by atoms with Crippen molar-refractivity contribution >= 4 is 65.3 Å². The molecule has 3 heterocycles. The van der Waals surface area contributed by atoms with Crippen molar-refractivity contribution in [1.29, 1.82) is 0 Å². The molecule has 0 bridgehead atoms. The van der Waals surface area contributed by atoms with Gasteiger partial charge >= 0.3 is 0 Å². The summed E-state index contributed by atoms with van der Waals surface area (Å²) in [5.41, 5.74) is 9.82. The van der Waals surface area contributed by atoms with Crippen LogP contribution in [0.15, 0.2) is 199 Å². The molecule has 58 heavy (non-hydrogen) atoms. The molecule has 0 aliphatic heterocycles. The van der Waals surface area contributed by atoms with Gasteiger partial charge in [-0.1, -0.05) is 146 Å². The third-order valence-electron chi connectivity index (χ3n) is 11.4. The Bertz CT molecular complexity index is 3510. The average Bonchev–Trinajstić information content (AvgIpc) is 3.84. The summed E-state index contributed by atoms with van der Waals surface area (Å²) in [5, 5.41) is 9.19. The monoisotopic (exact) mass is 740 g/mol. The molecule has 5 nitrogen and oxygen atoms in total. The van der Waals surface area contributed by atoms with Crippen molar-refractivity contribution in [3.05, 3.63) is 194 Å². The number of benzene rings is 9. The van der Waals surface area contributed by atoms with Crippen molar-refractivity contribution in [2.24, 2.45) is 0 Å². The quantitative estimate of drug-likeness (QED) is 0.176. The van der Waals surface area contributed by atoms with E-state index in [1.165, 1.54) is 21.5 Å². The second kappa shape index (κ2) is 12.8. The molecule has 0 saturated carbocycles.